The lowest BCUT2D eigenvalue weighted by Crippen LogP contribution is -2.19. The van der Waals surface area contributed by atoms with Gasteiger partial charge in [0.2, 0.25) is 5.91 Å². The predicted octanol–water partition coefficient (Wildman–Crippen LogP) is 1.70. The maximum absolute atomic E-state index is 13.3. The van der Waals surface area contributed by atoms with Crippen LogP contribution < -0.4 is 11.1 Å². The van der Waals surface area contributed by atoms with Crippen LogP contribution in [0.25, 0.3) is 6.08 Å². The minimum absolute atomic E-state index is 0.111. The Bertz CT molecular complexity index is 430. The van der Waals surface area contributed by atoms with E-state index in [1.165, 1.54) is 19.1 Å². The van der Waals surface area contributed by atoms with Crippen LogP contribution in [0.2, 0.25) is 0 Å². The molecule has 1 rings (SSSR count). The highest BCUT2D eigenvalue weighted by Gasteiger charge is 2.08. The van der Waals surface area contributed by atoms with Crippen molar-refractivity contribution in [3.05, 3.63) is 35.4 Å². The van der Waals surface area contributed by atoms with Crippen LogP contribution in [0.1, 0.15) is 12.5 Å². The molecule has 86 valence electrons. The van der Waals surface area contributed by atoms with Crippen LogP contribution in [0, 0.1) is 11.6 Å². The Balaban J connectivity index is 2.80. The molecule has 0 saturated carbocycles. The van der Waals surface area contributed by atoms with Crippen molar-refractivity contribution in [1.82, 2.24) is 5.32 Å². The molecule has 0 radical (unpaired) electrons. The molecule has 16 heavy (non-hydrogen) atoms. The number of rotatable bonds is 3. The van der Waals surface area contributed by atoms with Gasteiger partial charge < -0.3 is 11.1 Å². The zero-order valence-corrected chi connectivity index (χ0v) is 8.76. The fourth-order valence-corrected chi connectivity index (χ4v) is 1.12. The number of hydrogen-bond donors (Lipinski definition) is 2. The number of benzene rings is 1. The summed E-state index contributed by atoms with van der Waals surface area (Å²) in [4.78, 5) is 10.5. The van der Waals surface area contributed by atoms with Gasteiger partial charge in [-0.25, -0.2) is 8.78 Å². The fourth-order valence-electron chi connectivity index (χ4n) is 1.12. The summed E-state index contributed by atoms with van der Waals surface area (Å²) in [6, 6.07) is 2.26. The van der Waals surface area contributed by atoms with E-state index < -0.39 is 11.6 Å². The number of nitrogens with two attached hydrogens (primary N) is 1. The van der Waals surface area contributed by atoms with Crippen molar-refractivity contribution >= 4 is 17.7 Å². The van der Waals surface area contributed by atoms with Crippen LogP contribution in [-0.2, 0) is 4.79 Å². The molecular formula is C11H12F2N2O. The van der Waals surface area contributed by atoms with Crippen molar-refractivity contribution in [3.63, 3.8) is 0 Å². The molecule has 0 bridgehead atoms. The molecule has 0 atom stereocenters. The van der Waals surface area contributed by atoms with Gasteiger partial charge in [0.1, 0.15) is 5.82 Å². The maximum Gasteiger partial charge on any atom is 0.217 e. The SMILES string of the molecule is CC(=O)NCC=Cc1c(F)ccc(N)c1F. The summed E-state index contributed by atoms with van der Waals surface area (Å²) in [7, 11) is 0. The molecule has 0 spiro atoms. The third-order valence-electron chi connectivity index (χ3n) is 1.91. The van der Waals surface area contributed by atoms with Crippen molar-refractivity contribution < 1.29 is 13.6 Å². The minimum atomic E-state index is -0.793. The van der Waals surface area contributed by atoms with Crippen LogP contribution in [0.15, 0.2) is 18.2 Å². The number of hydrogen-bond acceptors (Lipinski definition) is 2. The first kappa shape index (κ1) is 12.2. The van der Waals surface area contributed by atoms with E-state index in [2.05, 4.69) is 5.32 Å². The van der Waals surface area contributed by atoms with Gasteiger partial charge in [0.15, 0.2) is 5.82 Å². The second-order valence-corrected chi connectivity index (χ2v) is 3.20. The average molecular weight is 226 g/mol. The predicted molar refractivity (Wildman–Crippen MR) is 58.5 cm³/mol. The lowest BCUT2D eigenvalue weighted by atomic mass is 10.1. The monoisotopic (exact) mass is 226 g/mol. The van der Waals surface area contributed by atoms with Gasteiger partial charge in [-0.05, 0) is 12.1 Å². The van der Waals surface area contributed by atoms with Crippen LogP contribution >= 0.6 is 0 Å². The molecule has 0 unspecified atom stereocenters. The largest absolute Gasteiger partial charge is 0.396 e. The summed E-state index contributed by atoms with van der Waals surface area (Å²) < 4.78 is 26.5. The molecule has 0 saturated heterocycles. The number of carbonyl (C=O) groups is 1. The molecule has 0 aliphatic heterocycles. The van der Waals surface area contributed by atoms with E-state index in [0.717, 1.165) is 12.1 Å². The molecule has 3 N–H and O–H groups in total. The zero-order chi connectivity index (χ0) is 12.1. The molecule has 5 heteroatoms. The van der Waals surface area contributed by atoms with Gasteiger partial charge >= 0.3 is 0 Å². The quantitative estimate of drug-likeness (QED) is 0.771. The topological polar surface area (TPSA) is 55.1 Å². The van der Waals surface area contributed by atoms with E-state index in [1.807, 2.05) is 0 Å². The molecule has 0 aliphatic rings. The summed E-state index contributed by atoms with van der Waals surface area (Å²) in [6.07, 6.45) is 2.69. The normalized spacial score (nSPS) is 10.7. The van der Waals surface area contributed by atoms with Crippen LogP contribution in [0.4, 0.5) is 14.5 Å². The Morgan fingerprint density at radius 1 is 1.50 bits per heavy atom. The van der Waals surface area contributed by atoms with Crippen molar-refractivity contribution in [2.45, 2.75) is 6.92 Å². The Morgan fingerprint density at radius 3 is 2.81 bits per heavy atom. The Hall–Kier alpha value is -1.91. The van der Waals surface area contributed by atoms with Gasteiger partial charge in [-0.1, -0.05) is 12.2 Å². The van der Waals surface area contributed by atoms with E-state index in [4.69, 9.17) is 5.73 Å². The molecule has 0 fully saturated rings. The molecule has 0 heterocycles. The van der Waals surface area contributed by atoms with Gasteiger partial charge in [0.25, 0.3) is 0 Å². The van der Waals surface area contributed by atoms with Crippen molar-refractivity contribution in [2.24, 2.45) is 0 Å². The van der Waals surface area contributed by atoms with Crippen LogP contribution in [0.3, 0.4) is 0 Å². The van der Waals surface area contributed by atoms with Crippen molar-refractivity contribution in [1.29, 1.82) is 0 Å². The third kappa shape index (κ3) is 3.05. The standard InChI is InChI=1S/C11H12F2N2O/c1-7(16)15-6-2-3-8-9(12)4-5-10(14)11(8)13/h2-5H,6,14H2,1H3,(H,15,16). The highest BCUT2D eigenvalue weighted by molar-refractivity contribution is 5.73. The van der Waals surface area contributed by atoms with Crippen molar-refractivity contribution in [3.8, 4) is 0 Å². The average Bonchev–Trinajstić information content (AvgIpc) is 2.22. The summed E-state index contributed by atoms with van der Waals surface area (Å²) in [5, 5.41) is 2.47. The van der Waals surface area contributed by atoms with E-state index in [-0.39, 0.29) is 23.7 Å². The van der Waals surface area contributed by atoms with E-state index >= 15 is 0 Å². The summed E-state index contributed by atoms with van der Waals surface area (Å²) in [5.74, 6) is -1.69. The van der Waals surface area contributed by atoms with E-state index in [1.54, 1.807) is 0 Å². The Kier molecular flexibility index (Phi) is 3.99. The second kappa shape index (κ2) is 5.25. The third-order valence-corrected chi connectivity index (χ3v) is 1.91. The van der Waals surface area contributed by atoms with E-state index in [9.17, 15) is 13.6 Å². The fraction of sp³-hybridized carbons (Fsp3) is 0.182. The minimum Gasteiger partial charge on any atom is -0.396 e. The molecule has 1 aromatic rings. The molecule has 3 nitrogen and oxygen atoms in total. The number of anilines is 1. The number of amides is 1. The number of carbonyl (C=O) groups excluding carboxylic acids is 1. The van der Waals surface area contributed by atoms with Gasteiger partial charge in [0, 0.05) is 19.0 Å². The van der Waals surface area contributed by atoms with Gasteiger partial charge in [-0.2, -0.15) is 0 Å². The van der Waals surface area contributed by atoms with E-state index in [0.29, 0.717) is 0 Å². The maximum atomic E-state index is 13.3. The Labute approximate surface area is 91.9 Å². The molecule has 0 aromatic heterocycles. The molecule has 0 aliphatic carbocycles. The zero-order valence-electron chi connectivity index (χ0n) is 8.76. The number of halogens is 2. The number of nitrogen functional groups attached to an aromatic ring is 1. The lowest BCUT2D eigenvalue weighted by molar-refractivity contribution is -0.118. The first-order valence-corrected chi connectivity index (χ1v) is 4.67. The van der Waals surface area contributed by atoms with Crippen molar-refractivity contribution in [2.75, 3.05) is 12.3 Å². The lowest BCUT2D eigenvalue weighted by Gasteiger charge is -2.02. The Morgan fingerprint density at radius 2 is 2.19 bits per heavy atom. The van der Waals surface area contributed by atoms with Gasteiger partial charge in [-0.15, -0.1) is 0 Å². The smallest absolute Gasteiger partial charge is 0.217 e. The summed E-state index contributed by atoms with van der Waals surface area (Å²) >= 11 is 0. The number of nitrogens with one attached hydrogen (secondary N) is 1. The highest BCUT2D eigenvalue weighted by atomic mass is 19.1. The van der Waals surface area contributed by atoms with Gasteiger partial charge in [0.05, 0.1) is 5.69 Å². The molecule has 1 aromatic carbocycles. The second-order valence-electron chi connectivity index (χ2n) is 3.20. The summed E-state index contributed by atoms with van der Waals surface area (Å²) in [5.41, 5.74) is 4.98. The highest BCUT2D eigenvalue weighted by Crippen LogP contribution is 2.19. The first-order valence-electron chi connectivity index (χ1n) is 4.67. The summed E-state index contributed by atoms with van der Waals surface area (Å²) in [6.45, 7) is 1.57. The molecular weight excluding hydrogens is 214 g/mol. The molecule has 1 amide bonds. The van der Waals surface area contributed by atoms with Crippen LogP contribution in [-0.4, -0.2) is 12.5 Å². The van der Waals surface area contributed by atoms with Gasteiger partial charge in [-0.3, -0.25) is 4.79 Å². The first-order chi connectivity index (χ1) is 7.52. The van der Waals surface area contributed by atoms with Crippen LogP contribution in [0.5, 0.6) is 0 Å².